The molecular formula is C18H20N6O. The molecule has 3 aromatic rings. The molecule has 7 nitrogen and oxygen atoms in total. The highest BCUT2D eigenvalue weighted by molar-refractivity contribution is 5.92. The van der Waals surface area contributed by atoms with Crippen LogP contribution >= 0.6 is 0 Å². The molecule has 0 aliphatic carbocycles. The molecular weight excluding hydrogens is 316 g/mol. The molecule has 1 unspecified atom stereocenters. The van der Waals surface area contributed by atoms with Crippen LogP contribution in [0.4, 0.5) is 5.82 Å². The smallest absolute Gasteiger partial charge is 0.269 e. The lowest BCUT2D eigenvalue weighted by molar-refractivity contribution is 0.0923. The number of carbonyl (C=O) groups excluding carboxylic acids is 1. The number of amides is 1. The van der Waals surface area contributed by atoms with E-state index in [1.165, 1.54) is 0 Å². The number of para-hydroxylation sites is 2. The van der Waals surface area contributed by atoms with Crippen molar-refractivity contribution in [1.29, 1.82) is 0 Å². The van der Waals surface area contributed by atoms with E-state index in [9.17, 15) is 4.79 Å². The lowest BCUT2D eigenvalue weighted by atomic mass is 10.1. The lowest BCUT2D eigenvalue weighted by Gasteiger charge is -2.33. The van der Waals surface area contributed by atoms with Crippen LogP contribution in [0.2, 0.25) is 0 Å². The Kier molecular flexibility index (Phi) is 4.05. The Morgan fingerprint density at radius 2 is 2.08 bits per heavy atom. The number of hydrogen-bond acceptors (Lipinski definition) is 5. The van der Waals surface area contributed by atoms with E-state index in [0.717, 1.165) is 42.8 Å². The molecule has 7 heteroatoms. The molecule has 1 aliphatic heterocycles. The second-order valence-electron chi connectivity index (χ2n) is 6.32. The molecule has 1 amide bonds. The van der Waals surface area contributed by atoms with Crippen molar-refractivity contribution < 1.29 is 4.79 Å². The summed E-state index contributed by atoms with van der Waals surface area (Å²) in [4.78, 5) is 23.8. The third-order valence-electron chi connectivity index (χ3n) is 4.57. The highest BCUT2D eigenvalue weighted by Crippen LogP contribution is 2.20. The van der Waals surface area contributed by atoms with Crippen LogP contribution in [0, 0.1) is 0 Å². The number of fused-ring (bicyclic) bond motifs is 1. The predicted molar refractivity (Wildman–Crippen MR) is 95.4 cm³/mol. The Bertz CT molecular complexity index is 905. The van der Waals surface area contributed by atoms with Crippen molar-refractivity contribution in [2.45, 2.75) is 18.9 Å². The van der Waals surface area contributed by atoms with Gasteiger partial charge >= 0.3 is 0 Å². The van der Waals surface area contributed by atoms with Crippen LogP contribution in [-0.2, 0) is 7.05 Å². The van der Waals surface area contributed by atoms with E-state index < -0.39 is 0 Å². The number of nitrogens with one attached hydrogen (secondary N) is 1. The SMILES string of the molecule is Cn1nccc1C(=O)NC1CCCN(c2cnc3ccccc3n2)C1. The summed E-state index contributed by atoms with van der Waals surface area (Å²) in [7, 11) is 1.77. The zero-order valence-electron chi connectivity index (χ0n) is 14.1. The average Bonchev–Trinajstić information content (AvgIpc) is 3.07. The first-order valence-corrected chi connectivity index (χ1v) is 8.46. The normalized spacial score (nSPS) is 17.6. The molecule has 1 N–H and O–H groups in total. The summed E-state index contributed by atoms with van der Waals surface area (Å²) >= 11 is 0. The fourth-order valence-electron chi connectivity index (χ4n) is 3.26. The fourth-order valence-corrected chi connectivity index (χ4v) is 3.26. The first-order chi connectivity index (χ1) is 12.2. The Hall–Kier alpha value is -2.96. The quantitative estimate of drug-likeness (QED) is 0.789. The molecule has 0 radical (unpaired) electrons. The molecule has 128 valence electrons. The van der Waals surface area contributed by atoms with Gasteiger partial charge in [0.25, 0.3) is 5.91 Å². The van der Waals surface area contributed by atoms with Gasteiger partial charge in [0.05, 0.1) is 17.2 Å². The van der Waals surface area contributed by atoms with Gasteiger partial charge in [0.15, 0.2) is 0 Å². The van der Waals surface area contributed by atoms with Crippen LogP contribution in [0.3, 0.4) is 0 Å². The van der Waals surface area contributed by atoms with Gasteiger partial charge < -0.3 is 10.2 Å². The second kappa shape index (κ2) is 6.51. The number of nitrogens with zero attached hydrogens (tertiary/aromatic N) is 5. The van der Waals surface area contributed by atoms with Crippen molar-refractivity contribution in [2.24, 2.45) is 7.05 Å². The maximum Gasteiger partial charge on any atom is 0.269 e. The van der Waals surface area contributed by atoms with E-state index in [2.05, 4.69) is 20.3 Å². The Labute approximate surface area is 145 Å². The minimum absolute atomic E-state index is 0.0866. The molecule has 1 atom stereocenters. The number of anilines is 1. The maximum absolute atomic E-state index is 12.4. The van der Waals surface area contributed by atoms with Crippen LogP contribution in [0.25, 0.3) is 11.0 Å². The predicted octanol–water partition coefficient (Wildman–Crippen LogP) is 1.76. The Morgan fingerprint density at radius 3 is 2.88 bits per heavy atom. The number of rotatable bonds is 3. The lowest BCUT2D eigenvalue weighted by Crippen LogP contribution is -2.48. The minimum Gasteiger partial charge on any atom is -0.353 e. The number of aryl methyl sites for hydroxylation is 1. The average molecular weight is 336 g/mol. The highest BCUT2D eigenvalue weighted by Gasteiger charge is 2.24. The number of piperidine rings is 1. The van der Waals surface area contributed by atoms with Crippen molar-refractivity contribution in [3.8, 4) is 0 Å². The fraction of sp³-hybridized carbons (Fsp3) is 0.333. The van der Waals surface area contributed by atoms with Crippen LogP contribution in [0.1, 0.15) is 23.3 Å². The Balaban J connectivity index is 1.48. The number of hydrogen-bond donors (Lipinski definition) is 1. The van der Waals surface area contributed by atoms with Crippen molar-refractivity contribution in [2.75, 3.05) is 18.0 Å². The third-order valence-corrected chi connectivity index (χ3v) is 4.57. The first kappa shape index (κ1) is 15.6. The molecule has 2 aromatic heterocycles. The van der Waals surface area contributed by atoms with Gasteiger partial charge in [-0.3, -0.25) is 14.5 Å². The van der Waals surface area contributed by atoms with Gasteiger partial charge in [-0.2, -0.15) is 5.10 Å². The van der Waals surface area contributed by atoms with E-state index in [-0.39, 0.29) is 11.9 Å². The van der Waals surface area contributed by atoms with Gasteiger partial charge in [-0.25, -0.2) is 4.98 Å². The van der Waals surface area contributed by atoms with Gasteiger partial charge in [-0.05, 0) is 31.0 Å². The second-order valence-corrected chi connectivity index (χ2v) is 6.32. The van der Waals surface area contributed by atoms with Crippen LogP contribution in [0.15, 0.2) is 42.7 Å². The number of benzene rings is 1. The van der Waals surface area contributed by atoms with E-state index in [4.69, 9.17) is 4.98 Å². The van der Waals surface area contributed by atoms with Gasteiger partial charge in [0, 0.05) is 32.4 Å². The van der Waals surface area contributed by atoms with E-state index >= 15 is 0 Å². The molecule has 0 spiro atoms. The first-order valence-electron chi connectivity index (χ1n) is 8.46. The standard InChI is InChI=1S/C18H20N6O/c1-23-16(8-9-20-23)18(25)21-13-5-4-10-24(12-13)17-11-19-14-6-2-3-7-15(14)22-17/h2-3,6-9,11,13H,4-5,10,12H2,1H3,(H,21,25). The van der Waals surface area contributed by atoms with Crippen LogP contribution in [0.5, 0.6) is 0 Å². The van der Waals surface area contributed by atoms with Gasteiger partial charge in [-0.15, -0.1) is 0 Å². The number of aromatic nitrogens is 4. The summed E-state index contributed by atoms with van der Waals surface area (Å²) in [6.07, 6.45) is 5.41. The van der Waals surface area contributed by atoms with Crippen molar-refractivity contribution >= 4 is 22.8 Å². The molecule has 1 aliphatic rings. The molecule has 25 heavy (non-hydrogen) atoms. The molecule has 1 aromatic carbocycles. The van der Waals surface area contributed by atoms with Crippen LogP contribution in [-0.4, -0.2) is 44.8 Å². The molecule has 3 heterocycles. The zero-order valence-corrected chi connectivity index (χ0v) is 14.1. The third kappa shape index (κ3) is 3.17. The molecule has 1 fully saturated rings. The summed E-state index contributed by atoms with van der Waals surface area (Å²) in [5.74, 6) is 0.773. The van der Waals surface area contributed by atoms with Gasteiger partial charge in [0.1, 0.15) is 11.5 Å². The number of carbonyl (C=O) groups is 1. The highest BCUT2D eigenvalue weighted by atomic mass is 16.2. The summed E-state index contributed by atoms with van der Waals surface area (Å²) in [5.41, 5.74) is 2.35. The molecule has 4 rings (SSSR count). The van der Waals surface area contributed by atoms with E-state index in [1.807, 2.05) is 30.5 Å². The van der Waals surface area contributed by atoms with E-state index in [0.29, 0.717) is 5.69 Å². The summed E-state index contributed by atoms with van der Waals surface area (Å²) in [6.45, 7) is 1.65. The summed E-state index contributed by atoms with van der Waals surface area (Å²) in [5, 5.41) is 7.16. The molecule has 0 saturated carbocycles. The van der Waals surface area contributed by atoms with Crippen molar-refractivity contribution in [1.82, 2.24) is 25.1 Å². The van der Waals surface area contributed by atoms with Gasteiger partial charge in [0.2, 0.25) is 0 Å². The van der Waals surface area contributed by atoms with Crippen molar-refractivity contribution in [3.63, 3.8) is 0 Å². The van der Waals surface area contributed by atoms with Gasteiger partial charge in [-0.1, -0.05) is 12.1 Å². The Morgan fingerprint density at radius 1 is 1.24 bits per heavy atom. The van der Waals surface area contributed by atoms with Crippen molar-refractivity contribution in [3.05, 3.63) is 48.4 Å². The minimum atomic E-state index is -0.0866. The summed E-state index contributed by atoms with van der Waals surface area (Å²) in [6, 6.07) is 9.67. The summed E-state index contributed by atoms with van der Waals surface area (Å²) < 4.78 is 1.59. The monoisotopic (exact) mass is 336 g/mol. The molecule has 1 saturated heterocycles. The maximum atomic E-state index is 12.4. The van der Waals surface area contributed by atoms with E-state index in [1.54, 1.807) is 24.0 Å². The largest absolute Gasteiger partial charge is 0.353 e. The molecule has 0 bridgehead atoms. The zero-order chi connectivity index (χ0) is 17.2. The van der Waals surface area contributed by atoms with Crippen LogP contribution < -0.4 is 10.2 Å². The topological polar surface area (TPSA) is 75.9 Å².